The van der Waals surface area contributed by atoms with Gasteiger partial charge in [-0.15, -0.1) is 11.3 Å². The molecule has 1 aromatic heterocycles. The molecule has 0 amide bonds. The summed E-state index contributed by atoms with van der Waals surface area (Å²) < 4.78 is 0. The molecule has 0 radical (unpaired) electrons. The molecule has 0 unspecified atom stereocenters. The first-order chi connectivity index (χ1) is 8.74. The number of hydrogen-bond donors (Lipinski definition) is 0. The van der Waals surface area contributed by atoms with Crippen molar-refractivity contribution in [3.05, 3.63) is 57.2 Å². The molecule has 0 aliphatic heterocycles. The Labute approximate surface area is 115 Å². The van der Waals surface area contributed by atoms with Gasteiger partial charge in [0.05, 0.1) is 15.3 Å². The second-order valence-corrected chi connectivity index (χ2v) is 6.05. The number of rotatable bonds is 3. The smallest absolute Gasteiger partial charge is 0.184 e. The van der Waals surface area contributed by atoms with Gasteiger partial charge in [-0.2, -0.15) is 0 Å². The summed E-state index contributed by atoms with van der Waals surface area (Å²) >= 11 is 7.55. The second kappa shape index (κ2) is 4.52. The predicted molar refractivity (Wildman–Crippen MR) is 75.6 cm³/mol. The Kier molecular flexibility index (Phi) is 3.00. The third-order valence-electron chi connectivity index (χ3n) is 3.79. The van der Waals surface area contributed by atoms with Crippen LogP contribution in [0, 0.1) is 0 Å². The van der Waals surface area contributed by atoms with Crippen molar-refractivity contribution < 1.29 is 4.79 Å². The molecular formula is C15H13ClOS. The highest BCUT2D eigenvalue weighted by Gasteiger charge is 2.46. The summed E-state index contributed by atoms with van der Waals surface area (Å²) in [5.74, 6) is 0.194. The van der Waals surface area contributed by atoms with Crippen LogP contribution < -0.4 is 0 Å². The topological polar surface area (TPSA) is 17.1 Å². The fraction of sp³-hybridized carbons (Fsp3) is 0.267. The molecule has 92 valence electrons. The van der Waals surface area contributed by atoms with Crippen LogP contribution in [-0.4, -0.2) is 5.78 Å². The summed E-state index contributed by atoms with van der Waals surface area (Å²) in [7, 11) is 0. The van der Waals surface area contributed by atoms with Gasteiger partial charge in [0.2, 0.25) is 0 Å². The highest BCUT2D eigenvalue weighted by atomic mass is 35.5. The van der Waals surface area contributed by atoms with E-state index in [1.807, 2.05) is 23.6 Å². The molecule has 1 saturated carbocycles. The molecule has 0 atom stereocenters. The third kappa shape index (κ3) is 1.72. The summed E-state index contributed by atoms with van der Waals surface area (Å²) in [6.07, 6.45) is 2.98. The molecule has 0 bridgehead atoms. The Bertz CT molecular complexity index is 569. The Balaban J connectivity index is 2.03. The zero-order valence-electron chi connectivity index (χ0n) is 9.86. The zero-order valence-corrected chi connectivity index (χ0v) is 11.4. The Hall–Kier alpha value is -1.12. The van der Waals surface area contributed by atoms with Gasteiger partial charge in [0.15, 0.2) is 5.78 Å². The molecule has 3 rings (SSSR count). The highest BCUT2D eigenvalue weighted by Crippen LogP contribution is 2.47. The molecule has 0 saturated heterocycles. The van der Waals surface area contributed by atoms with Crippen molar-refractivity contribution >= 4 is 28.7 Å². The van der Waals surface area contributed by atoms with Gasteiger partial charge in [0.25, 0.3) is 0 Å². The van der Waals surface area contributed by atoms with Crippen LogP contribution in [0.25, 0.3) is 0 Å². The van der Waals surface area contributed by atoms with E-state index in [2.05, 4.69) is 12.1 Å². The largest absolute Gasteiger partial charge is 0.292 e. The van der Waals surface area contributed by atoms with E-state index in [0.29, 0.717) is 9.90 Å². The molecule has 1 heterocycles. The lowest BCUT2D eigenvalue weighted by Gasteiger charge is -2.40. The molecule has 18 heavy (non-hydrogen) atoms. The van der Waals surface area contributed by atoms with Crippen LogP contribution in [0.15, 0.2) is 41.8 Å². The van der Waals surface area contributed by atoms with Crippen LogP contribution in [0.2, 0.25) is 5.02 Å². The summed E-state index contributed by atoms with van der Waals surface area (Å²) in [4.78, 5) is 13.5. The van der Waals surface area contributed by atoms with E-state index >= 15 is 0 Å². The zero-order chi connectivity index (χ0) is 12.6. The van der Waals surface area contributed by atoms with Crippen LogP contribution in [0.3, 0.4) is 0 Å². The summed E-state index contributed by atoms with van der Waals surface area (Å²) in [5.41, 5.74) is 0.807. The lowest BCUT2D eigenvalue weighted by Crippen LogP contribution is -2.42. The molecule has 0 N–H and O–H groups in total. The van der Waals surface area contributed by atoms with Crippen molar-refractivity contribution in [2.45, 2.75) is 24.7 Å². The number of Topliss-reactive ketones (excluding diaryl/α,β-unsaturated/α-hetero) is 1. The van der Waals surface area contributed by atoms with Gasteiger partial charge in [-0.3, -0.25) is 4.79 Å². The van der Waals surface area contributed by atoms with E-state index in [0.717, 1.165) is 24.8 Å². The van der Waals surface area contributed by atoms with E-state index in [9.17, 15) is 4.79 Å². The lowest BCUT2D eigenvalue weighted by molar-refractivity contribution is 0.0793. The minimum Gasteiger partial charge on any atom is -0.292 e. The van der Waals surface area contributed by atoms with E-state index in [-0.39, 0.29) is 11.2 Å². The number of carbonyl (C=O) groups excluding carboxylic acids is 1. The van der Waals surface area contributed by atoms with Gasteiger partial charge < -0.3 is 0 Å². The van der Waals surface area contributed by atoms with Gasteiger partial charge in [-0.05, 0) is 29.9 Å². The van der Waals surface area contributed by atoms with E-state index in [1.54, 1.807) is 6.07 Å². The minimum absolute atomic E-state index is 0.194. The Morgan fingerprint density at radius 3 is 2.39 bits per heavy atom. The van der Waals surface area contributed by atoms with Crippen molar-refractivity contribution in [1.29, 1.82) is 0 Å². The fourth-order valence-electron chi connectivity index (χ4n) is 2.61. The molecular weight excluding hydrogens is 264 g/mol. The molecule has 0 spiro atoms. The van der Waals surface area contributed by atoms with Crippen LogP contribution in [0.4, 0.5) is 0 Å². The van der Waals surface area contributed by atoms with E-state index in [1.165, 1.54) is 11.3 Å². The van der Waals surface area contributed by atoms with Crippen LogP contribution in [0.1, 0.15) is 34.5 Å². The molecule has 2 aromatic rings. The first kappa shape index (κ1) is 11.9. The monoisotopic (exact) mass is 276 g/mol. The van der Waals surface area contributed by atoms with Gasteiger partial charge in [0, 0.05) is 0 Å². The maximum atomic E-state index is 12.8. The fourth-order valence-corrected chi connectivity index (χ4v) is 3.79. The van der Waals surface area contributed by atoms with E-state index in [4.69, 9.17) is 11.6 Å². The molecule has 1 aromatic carbocycles. The molecule has 1 nitrogen and oxygen atoms in total. The number of hydrogen-bond acceptors (Lipinski definition) is 2. The molecule has 1 aliphatic carbocycles. The SMILES string of the molecule is O=C(c1sccc1Cl)C1(c2ccccc2)CCC1. The Morgan fingerprint density at radius 2 is 1.89 bits per heavy atom. The van der Waals surface area contributed by atoms with Crippen molar-refractivity contribution in [3.8, 4) is 0 Å². The second-order valence-electron chi connectivity index (χ2n) is 4.73. The number of thiophene rings is 1. The molecule has 1 aliphatic rings. The quantitative estimate of drug-likeness (QED) is 0.742. The number of carbonyl (C=O) groups is 1. The summed E-state index contributed by atoms with van der Waals surface area (Å²) in [5, 5.41) is 2.47. The first-order valence-electron chi connectivity index (χ1n) is 6.07. The van der Waals surface area contributed by atoms with Crippen LogP contribution in [-0.2, 0) is 5.41 Å². The number of benzene rings is 1. The number of ketones is 1. The number of halogens is 1. The van der Waals surface area contributed by atoms with Crippen LogP contribution >= 0.6 is 22.9 Å². The van der Waals surface area contributed by atoms with Crippen molar-refractivity contribution in [3.63, 3.8) is 0 Å². The third-order valence-corrected chi connectivity index (χ3v) is 5.13. The predicted octanol–water partition coefficient (Wildman–Crippen LogP) is 4.71. The van der Waals surface area contributed by atoms with Crippen molar-refractivity contribution in [2.24, 2.45) is 0 Å². The van der Waals surface area contributed by atoms with Crippen molar-refractivity contribution in [1.82, 2.24) is 0 Å². The highest BCUT2D eigenvalue weighted by molar-refractivity contribution is 7.12. The normalized spacial score (nSPS) is 17.2. The van der Waals surface area contributed by atoms with Crippen molar-refractivity contribution in [2.75, 3.05) is 0 Å². The van der Waals surface area contributed by atoms with E-state index < -0.39 is 0 Å². The van der Waals surface area contributed by atoms with Gasteiger partial charge in [-0.25, -0.2) is 0 Å². The average Bonchev–Trinajstić information content (AvgIpc) is 2.75. The summed E-state index contributed by atoms with van der Waals surface area (Å²) in [6.45, 7) is 0. The minimum atomic E-state index is -0.324. The lowest BCUT2D eigenvalue weighted by atomic mass is 9.61. The van der Waals surface area contributed by atoms with Gasteiger partial charge in [0.1, 0.15) is 0 Å². The average molecular weight is 277 g/mol. The Morgan fingerprint density at radius 1 is 1.17 bits per heavy atom. The van der Waals surface area contributed by atoms with Crippen LogP contribution in [0.5, 0.6) is 0 Å². The standard InChI is InChI=1S/C15H13ClOS/c16-12-7-10-18-13(12)14(17)15(8-4-9-15)11-5-2-1-3-6-11/h1-3,5-7,10H,4,8-9H2. The van der Waals surface area contributed by atoms with Gasteiger partial charge in [-0.1, -0.05) is 48.4 Å². The maximum absolute atomic E-state index is 12.8. The molecule has 3 heteroatoms. The maximum Gasteiger partial charge on any atom is 0.184 e. The van der Waals surface area contributed by atoms with Gasteiger partial charge >= 0.3 is 0 Å². The molecule has 1 fully saturated rings. The summed E-state index contributed by atoms with van der Waals surface area (Å²) in [6, 6.07) is 11.9. The first-order valence-corrected chi connectivity index (χ1v) is 7.33.